The van der Waals surface area contributed by atoms with E-state index in [1.165, 1.54) is 0 Å². The first kappa shape index (κ1) is 14.6. The maximum absolute atomic E-state index is 11.9. The number of ketones is 1. The van der Waals surface area contributed by atoms with E-state index in [1.54, 1.807) is 7.11 Å². The van der Waals surface area contributed by atoms with Crippen LogP contribution in [0, 0.1) is 10.8 Å². The molecule has 0 aromatic rings. The fourth-order valence-corrected chi connectivity index (χ4v) is 1.60. The lowest BCUT2D eigenvalue weighted by Crippen LogP contribution is -2.36. The van der Waals surface area contributed by atoms with Crippen molar-refractivity contribution < 1.29 is 9.53 Å². The largest absolute Gasteiger partial charge is 0.373 e. The summed E-state index contributed by atoms with van der Waals surface area (Å²) >= 11 is 0. The minimum absolute atomic E-state index is 0.107. The van der Waals surface area contributed by atoms with Gasteiger partial charge in [0.05, 0.1) is 0 Å². The first-order valence-electron chi connectivity index (χ1n) is 5.63. The SMILES string of the molecule is COC(C(=O)CCC(C)(C)C)C(C)(C)C. The molecule has 2 nitrogen and oxygen atoms in total. The second-order valence-electron chi connectivity index (χ2n) is 6.51. The van der Waals surface area contributed by atoms with Crippen LogP contribution in [0.15, 0.2) is 0 Å². The van der Waals surface area contributed by atoms with Gasteiger partial charge in [-0.25, -0.2) is 0 Å². The molecule has 0 amide bonds. The Hall–Kier alpha value is -0.370. The second kappa shape index (κ2) is 5.11. The fraction of sp³-hybridized carbons (Fsp3) is 0.923. The number of carbonyl (C=O) groups excluding carboxylic acids is 1. The highest BCUT2D eigenvalue weighted by Gasteiger charge is 2.31. The highest BCUT2D eigenvalue weighted by molar-refractivity contribution is 5.83. The third-order valence-electron chi connectivity index (χ3n) is 2.44. The zero-order valence-electron chi connectivity index (χ0n) is 11.3. The summed E-state index contributed by atoms with van der Waals surface area (Å²) in [5, 5.41) is 0. The van der Waals surface area contributed by atoms with E-state index in [0.29, 0.717) is 6.42 Å². The van der Waals surface area contributed by atoms with E-state index >= 15 is 0 Å². The quantitative estimate of drug-likeness (QED) is 0.716. The van der Waals surface area contributed by atoms with Crippen LogP contribution in [0.1, 0.15) is 54.4 Å². The Balaban J connectivity index is 4.31. The molecule has 0 heterocycles. The molecule has 2 heteroatoms. The van der Waals surface area contributed by atoms with Crippen LogP contribution in [-0.2, 0) is 9.53 Å². The van der Waals surface area contributed by atoms with Crippen LogP contribution >= 0.6 is 0 Å². The van der Waals surface area contributed by atoms with Gasteiger partial charge < -0.3 is 4.74 Å². The van der Waals surface area contributed by atoms with E-state index in [2.05, 4.69) is 20.8 Å². The van der Waals surface area contributed by atoms with E-state index in [0.717, 1.165) is 6.42 Å². The summed E-state index contributed by atoms with van der Waals surface area (Å²) in [6.07, 6.45) is 1.25. The van der Waals surface area contributed by atoms with Crippen LogP contribution in [-0.4, -0.2) is 19.0 Å². The smallest absolute Gasteiger partial charge is 0.162 e. The molecule has 0 aliphatic carbocycles. The topological polar surface area (TPSA) is 26.3 Å². The summed E-state index contributed by atoms with van der Waals surface area (Å²) in [7, 11) is 1.62. The minimum atomic E-state index is -0.278. The number of rotatable bonds is 4. The molecule has 0 spiro atoms. The summed E-state index contributed by atoms with van der Waals surface area (Å²) in [6.45, 7) is 12.6. The summed E-state index contributed by atoms with van der Waals surface area (Å²) in [4.78, 5) is 11.9. The Kier molecular flexibility index (Phi) is 4.98. The van der Waals surface area contributed by atoms with E-state index in [1.807, 2.05) is 20.8 Å². The standard InChI is InChI=1S/C13H26O2/c1-12(2,3)9-8-10(14)11(15-7)13(4,5)6/h11H,8-9H2,1-7H3. The van der Waals surface area contributed by atoms with E-state index in [4.69, 9.17) is 4.74 Å². The molecule has 1 atom stereocenters. The Morgan fingerprint density at radius 1 is 1.13 bits per heavy atom. The first-order valence-corrected chi connectivity index (χ1v) is 5.63. The van der Waals surface area contributed by atoms with E-state index in [9.17, 15) is 4.79 Å². The van der Waals surface area contributed by atoms with Crippen molar-refractivity contribution in [3.05, 3.63) is 0 Å². The monoisotopic (exact) mass is 214 g/mol. The predicted molar refractivity (Wildman–Crippen MR) is 63.9 cm³/mol. The maximum atomic E-state index is 11.9. The predicted octanol–water partition coefficient (Wildman–Crippen LogP) is 3.44. The van der Waals surface area contributed by atoms with Crippen molar-refractivity contribution >= 4 is 5.78 Å². The molecule has 0 N–H and O–H groups in total. The van der Waals surface area contributed by atoms with Crippen LogP contribution < -0.4 is 0 Å². The van der Waals surface area contributed by atoms with Gasteiger partial charge in [-0.05, 0) is 17.3 Å². The molecule has 1 unspecified atom stereocenters. The van der Waals surface area contributed by atoms with Gasteiger partial charge in [-0.15, -0.1) is 0 Å². The summed E-state index contributed by atoms with van der Waals surface area (Å²) in [5.41, 5.74) is 0.107. The lowest BCUT2D eigenvalue weighted by Gasteiger charge is -2.29. The number of hydrogen-bond acceptors (Lipinski definition) is 2. The third-order valence-corrected chi connectivity index (χ3v) is 2.44. The maximum Gasteiger partial charge on any atom is 0.162 e. The number of ether oxygens (including phenoxy) is 1. The van der Waals surface area contributed by atoms with Gasteiger partial charge in [-0.3, -0.25) is 4.79 Å². The molecule has 0 aromatic heterocycles. The van der Waals surface area contributed by atoms with Crippen molar-refractivity contribution in [2.75, 3.05) is 7.11 Å². The average Bonchev–Trinajstić information content (AvgIpc) is 1.98. The van der Waals surface area contributed by atoms with Crippen LogP contribution in [0.2, 0.25) is 0 Å². The van der Waals surface area contributed by atoms with Gasteiger partial charge in [0.15, 0.2) is 5.78 Å². The normalized spacial score (nSPS) is 15.1. The molecular weight excluding hydrogens is 188 g/mol. The lowest BCUT2D eigenvalue weighted by molar-refractivity contribution is -0.135. The average molecular weight is 214 g/mol. The van der Waals surface area contributed by atoms with Gasteiger partial charge in [0, 0.05) is 13.5 Å². The van der Waals surface area contributed by atoms with Gasteiger partial charge in [0.1, 0.15) is 6.10 Å². The molecular formula is C13H26O2. The van der Waals surface area contributed by atoms with Crippen molar-refractivity contribution in [1.82, 2.24) is 0 Å². The Bertz CT molecular complexity index is 206. The summed E-state index contributed by atoms with van der Waals surface area (Å²) < 4.78 is 5.29. The molecule has 0 radical (unpaired) electrons. The van der Waals surface area contributed by atoms with Gasteiger partial charge in [-0.2, -0.15) is 0 Å². The summed E-state index contributed by atoms with van der Waals surface area (Å²) in [5.74, 6) is 0.222. The molecule has 0 saturated carbocycles. The fourth-order valence-electron chi connectivity index (χ4n) is 1.60. The molecule has 0 aliphatic rings. The van der Waals surface area contributed by atoms with Crippen molar-refractivity contribution in [2.24, 2.45) is 10.8 Å². The van der Waals surface area contributed by atoms with Gasteiger partial charge in [-0.1, -0.05) is 41.5 Å². The van der Waals surface area contributed by atoms with Crippen LogP contribution in [0.3, 0.4) is 0 Å². The molecule has 0 fully saturated rings. The Morgan fingerprint density at radius 2 is 1.60 bits per heavy atom. The van der Waals surface area contributed by atoms with E-state index < -0.39 is 0 Å². The molecule has 15 heavy (non-hydrogen) atoms. The van der Waals surface area contributed by atoms with Crippen molar-refractivity contribution in [3.63, 3.8) is 0 Å². The van der Waals surface area contributed by atoms with Gasteiger partial charge in [0.25, 0.3) is 0 Å². The van der Waals surface area contributed by atoms with Crippen molar-refractivity contribution in [2.45, 2.75) is 60.5 Å². The molecule has 0 rings (SSSR count). The van der Waals surface area contributed by atoms with Crippen LogP contribution in [0.5, 0.6) is 0 Å². The number of hydrogen-bond donors (Lipinski definition) is 0. The number of methoxy groups -OCH3 is 1. The molecule has 0 saturated heterocycles. The lowest BCUT2D eigenvalue weighted by atomic mass is 9.82. The zero-order chi connectivity index (χ0) is 12.3. The van der Waals surface area contributed by atoms with Gasteiger partial charge >= 0.3 is 0 Å². The second-order valence-corrected chi connectivity index (χ2v) is 6.51. The van der Waals surface area contributed by atoms with E-state index in [-0.39, 0.29) is 22.7 Å². The highest BCUT2D eigenvalue weighted by atomic mass is 16.5. The third kappa shape index (κ3) is 5.93. The zero-order valence-corrected chi connectivity index (χ0v) is 11.3. The van der Waals surface area contributed by atoms with Crippen molar-refractivity contribution in [3.8, 4) is 0 Å². The van der Waals surface area contributed by atoms with Crippen LogP contribution in [0.4, 0.5) is 0 Å². The number of carbonyl (C=O) groups is 1. The minimum Gasteiger partial charge on any atom is -0.373 e. The molecule has 90 valence electrons. The Morgan fingerprint density at radius 3 is 1.87 bits per heavy atom. The first-order chi connectivity index (χ1) is 6.58. The van der Waals surface area contributed by atoms with Crippen molar-refractivity contribution in [1.29, 1.82) is 0 Å². The number of Topliss-reactive ketones (excluding diaryl/α,β-unsaturated/α-hetero) is 1. The molecule has 0 aromatic carbocycles. The van der Waals surface area contributed by atoms with Crippen LogP contribution in [0.25, 0.3) is 0 Å². The van der Waals surface area contributed by atoms with Gasteiger partial charge in [0.2, 0.25) is 0 Å². The Labute approximate surface area is 94.4 Å². The summed E-state index contributed by atoms with van der Waals surface area (Å²) in [6, 6.07) is 0. The molecule has 0 bridgehead atoms. The molecule has 0 aliphatic heterocycles. The highest BCUT2D eigenvalue weighted by Crippen LogP contribution is 2.27.